The molecule has 0 saturated heterocycles. The van der Waals surface area contributed by atoms with Crippen LogP contribution in [0.4, 0.5) is 5.69 Å². The third kappa shape index (κ3) is 2.84. The molecule has 0 fully saturated rings. The first-order valence-corrected chi connectivity index (χ1v) is 6.28. The number of halogens is 1. The highest BCUT2D eigenvalue weighted by Crippen LogP contribution is 2.13. The van der Waals surface area contributed by atoms with Gasteiger partial charge in [-0.25, -0.2) is 0 Å². The normalized spacial score (nSPS) is 9.81. The van der Waals surface area contributed by atoms with Gasteiger partial charge in [-0.05, 0) is 35.7 Å². The lowest BCUT2D eigenvalue weighted by molar-refractivity contribution is 0.0966. The minimum Gasteiger partial charge on any atom is -0.298 e. The average molecular weight is 297 g/mol. The SMILES string of the molecule is O=C(NNc1ccc(Br)cc1)c1cccs1. The molecule has 0 bridgehead atoms. The molecule has 1 aromatic carbocycles. The van der Waals surface area contributed by atoms with E-state index in [9.17, 15) is 4.79 Å². The molecule has 2 N–H and O–H groups in total. The number of nitrogens with one attached hydrogen (secondary N) is 2. The van der Waals surface area contributed by atoms with E-state index in [1.807, 2.05) is 35.7 Å². The number of anilines is 1. The first-order valence-electron chi connectivity index (χ1n) is 4.61. The van der Waals surface area contributed by atoms with Gasteiger partial charge >= 0.3 is 0 Å². The molecule has 1 aromatic heterocycles. The van der Waals surface area contributed by atoms with Crippen LogP contribution in [0.25, 0.3) is 0 Å². The number of hydrogen-bond donors (Lipinski definition) is 2. The summed E-state index contributed by atoms with van der Waals surface area (Å²) in [5, 5.41) is 1.87. The molecular formula is C11H9BrN2OS. The summed E-state index contributed by atoms with van der Waals surface area (Å²) < 4.78 is 1.00. The molecule has 0 aliphatic rings. The van der Waals surface area contributed by atoms with E-state index < -0.39 is 0 Å². The van der Waals surface area contributed by atoms with Crippen molar-refractivity contribution >= 4 is 38.9 Å². The van der Waals surface area contributed by atoms with E-state index in [2.05, 4.69) is 26.8 Å². The molecule has 0 atom stereocenters. The van der Waals surface area contributed by atoms with Crippen LogP contribution in [0.1, 0.15) is 9.67 Å². The molecule has 2 aromatic rings. The minimum absolute atomic E-state index is 0.127. The Bertz CT molecular complexity index is 467. The van der Waals surface area contributed by atoms with Gasteiger partial charge in [0.2, 0.25) is 0 Å². The van der Waals surface area contributed by atoms with Gasteiger partial charge in [0, 0.05) is 4.47 Å². The van der Waals surface area contributed by atoms with Crippen LogP contribution in [-0.2, 0) is 0 Å². The fraction of sp³-hybridized carbons (Fsp3) is 0. The summed E-state index contributed by atoms with van der Waals surface area (Å²) in [4.78, 5) is 12.3. The zero-order valence-electron chi connectivity index (χ0n) is 8.24. The smallest absolute Gasteiger partial charge is 0.279 e. The summed E-state index contributed by atoms with van der Waals surface area (Å²) in [6.07, 6.45) is 0. The van der Waals surface area contributed by atoms with Gasteiger partial charge in [-0.1, -0.05) is 22.0 Å². The Morgan fingerprint density at radius 2 is 1.94 bits per heavy atom. The largest absolute Gasteiger partial charge is 0.298 e. The minimum atomic E-state index is -0.127. The first kappa shape index (κ1) is 11.2. The van der Waals surface area contributed by atoms with Crippen molar-refractivity contribution in [2.24, 2.45) is 0 Å². The summed E-state index contributed by atoms with van der Waals surface area (Å²) in [6, 6.07) is 11.2. The highest BCUT2D eigenvalue weighted by atomic mass is 79.9. The average Bonchev–Trinajstić information content (AvgIpc) is 2.81. The third-order valence-electron chi connectivity index (χ3n) is 1.91. The Kier molecular flexibility index (Phi) is 3.58. The zero-order valence-corrected chi connectivity index (χ0v) is 10.6. The lowest BCUT2D eigenvalue weighted by atomic mass is 10.3. The van der Waals surface area contributed by atoms with E-state index >= 15 is 0 Å². The number of hydrogen-bond acceptors (Lipinski definition) is 3. The van der Waals surface area contributed by atoms with Gasteiger partial charge < -0.3 is 0 Å². The first-order chi connectivity index (χ1) is 7.75. The van der Waals surface area contributed by atoms with Gasteiger partial charge in [0.05, 0.1) is 10.6 Å². The van der Waals surface area contributed by atoms with Gasteiger partial charge in [0.15, 0.2) is 0 Å². The summed E-state index contributed by atoms with van der Waals surface area (Å²) in [5.74, 6) is -0.127. The second kappa shape index (κ2) is 5.14. The van der Waals surface area contributed by atoms with Crippen LogP contribution >= 0.6 is 27.3 Å². The van der Waals surface area contributed by atoms with Crippen LogP contribution in [-0.4, -0.2) is 5.91 Å². The standard InChI is InChI=1S/C11H9BrN2OS/c12-8-3-5-9(6-4-8)13-14-11(15)10-2-1-7-16-10/h1-7,13H,(H,14,15). The molecule has 0 aliphatic heterocycles. The lowest BCUT2D eigenvalue weighted by Gasteiger charge is -2.07. The predicted octanol–water partition coefficient (Wildman–Crippen LogP) is 3.27. The third-order valence-corrected chi connectivity index (χ3v) is 3.31. The second-order valence-corrected chi connectivity index (χ2v) is 4.93. The molecule has 0 spiro atoms. The van der Waals surface area contributed by atoms with Gasteiger partial charge in [-0.3, -0.25) is 15.6 Å². The second-order valence-electron chi connectivity index (χ2n) is 3.06. The van der Waals surface area contributed by atoms with Gasteiger partial charge in [-0.2, -0.15) is 0 Å². The highest BCUT2D eigenvalue weighted by Gasteiger charge is 2.04. The summed E-state index contributed by atoms with van der Waals surface area (Å²) in [5.41, 5.74) is 6.31. The monoisotopic (exact) mass is 296 g/mol. The van der Waals surface area contributed by atoms with E-state index in [4.69, 9.17) is 0 Å². The number of rotatable bonds is 3. The van der Waals surface area contributed by atoms with Crippen LogP contribution in [0.2, 0.25) is 0 Å². The molecule has 1 amide bonds. The van der Waals surface area contributed by atoms with Crippen LogP contribution in [0.15, 0.2) is 46.3 Å². The molecule has 1 heterocycles. The summed E-state index contributed by atoms with van der Waals surface area (Å²) in [6.45, 7) is 0. The van der Waals surface area contributed by atoms with E-state index in [1.54, 1.807) is 6.07 Å². The van der Waals surface area contributed by atoms with Crippen LogP contribution < -0.4 is 10.9 Å². The number of hydrazine groups is 1. The van der Waals surface area contributed by atoms with E-state index in [-0.39, 0.29) is 5.91 Å². The van der Waals surface area contributed by atoms with Crippen molar-refractivity contribution in [2.75, 3.05) is 5.43 Å². The molecule has 0 unspecified atom stereocenters. The molecule has 5 heteroatoms. The van der Waals surface area contributed by atoms with Crippen molar-refractivity contribution in [3.8, 4) is 0 Å². The molecule has 16 heavy (non-hydrogen) atoms. The number of amides is 1. The van der Waals surface area contributed by atoms with Crippen molar-refractivity contribution < 1.29 is 4.79 Å². The maximum absolute atomic E-state index is 11.6. The lowest BCUT2D eigenvalue weighted by Crippen LogP contribution is -2.28. The molecule has 0 aliphatic carbocycles. The Hall–Kier alpha value is -1.33. The maximum atomic E-state index is 11.6. The summed E-state index contributed by atoms with van der Waals surface area (Å²) in [7, 11) is 0. The molecule has 0 saturated carbocycles. The molecule has 0 radical (unpaired) electrons. The molecule has 2 rings (SSSR count). The highest BCUT2D eigenvalue weighted by molar-refractivity contribution is 9.10. The van der Waals surface area contributed by atoms with Gasteiger partial charge in [0.25, 0.3) is 5.91 Å². The zero-order chi connectivity index (χ0) is 11.4. The molecule has 3 nitrogen and oxygen atoms in total. The topological polar surface area (TPSA) is 41.1 Å². The Morgan fingerprint density at radius 1 is 1.19 bits per heavy atom. The van der Waals surface area contributed by atoms with Crippen molar-refractivity contribution in [3.05, 3.63) is 51.1 Å². The van der Waals surface area contributed by atoms with Gasteiger partial charge in [0.1, 0.15) is 0 Å². The summed E-state index contributed by atoms with van der Waals surface area (Å²) >= 11 is 4.75. The molecular weight excluding hydrogens is 288 g/mol. The van der Waals surface area contributed by atoms with E-state index in [0.717, 1.165) is 10.2 Å². The number of benzene rings is 1. The quantitative estimate of drug-likeness (QED) is 0.854. The van der Waals surface area contributed by atoms with Crippen LogP contribution in [0.3, 0.4) is 0 Å². The van der Waals surface area contributed by atoms with Crippen molar-refractivity contribution in [3.63, 3.8) is 0 Å². The number of carbonyl (C=O) groups is 1. The number of thiophene rings is 1. The van der Waals surface area contributed by atoms with Crippen molar-refractivity contribution in [2.45, 2.75) is 0 Å². The van der Waals surface area contributed by atoms with Crippen molar-refractivity contribution in [1.82, 2.24) is 5.43 Å². The predicted molar refractivity (Wildman–Crippen MR) is 69.5 cm³/mol. The number of carbonyl (C=O) groups excluding carboxylic acids is 1. The Labute approximate surface area is 106 Å². The van der Waals surface area contributed by atoms with E-state index in [0.29, 0.717) is 4.88 Å². The Morgan fingerprint density at radius 3 is 2.56 bits per heavy atom. The maximum Gasteiger partial charge on any atom is 0.279 e. The molecule has 82 valence electrons. The van der Waals surface area contributed by atoms with Crippen molar-refractivity contribution in [1.29, 1.82) is 0 Å². The van der Waals surface area contributed by atoms with E-state index in [1.165, 1.54) is 11.3 Å². The van der Waals surface area contributed by atoms with Crippen LogP contribution in [0.5, 0.6) is 0 Å². The fourth-order valence-corrected chi connectivity index (χ4v) is 2.01. The Balaban J connectivity index is 1.93. The van der Waals surface area contributed by atoms with Crippen LogP contribution in [0, 0.1) is 0 Å². The van der Waals surface area contributed by atoms with Gasteiger partial charge in [-0.15, -0.1) is 11.3 Å². The fourth-order valence-electron chi connectivity index (χ4n) is 1.13.